The van der Waals surface area contributed by atoms with Crippen LogP contribution in [0.1, 0.15) is 5.89 Å². The second-order valence-electron chi connectivity index (χ2n) is 5.34. The van der Waals surface area contributed by atoms with Crippen LogP contribution < -0.4 is 4.90 Å². The quantitative estimate of drug-likeness (QED) is 0.494. The van der Waals surface area contributed by atoms with Gasteiger partial charge in [-0.3, -0.25) is 0 Å². The number of anilines is 1. The zero-order valence-corrected chi connectivity index (χ0v) is 15.6. The molecule has 4 rings (SSSR count). The van der Waals surface area contributed by atoms with Crippen molar-refractivity contribution in [2.24, 2.45) is 0 Å². The van der Waals surface area contributed by atoms with E-state index in [1.54, 1.807) is 0 Å². The normalized spacial score (nSPS) is 13.1. The van der Waals surface area contributed by atoms with Gasteiger partial charge in [-0.2, -0.15) is 37.0 Å². The fourth-order valence-electron chi connectivity index (χ4n) is 2.44. The maximum atomic E-state index is 5.32. The largest absolute Gasteiger partial charge is 0.507 e. The van der Waals surface area contributed by atoms with Gasteiger partial charge in [-0.1, -0.05) is 0 Å². The van der Waals surface area contributed by atoms with Gasteiger partial charge < -0.3 is 14.3 Å². The van der Waals surface area contributed by atoms with E-state index in [1.807, 2.05) is 72.5 Å². The number of nitrogens with zero attached hydrogens (tertiary/aromatic N) is 4. The van der Waals surface area contributed by atoms with Crippen molar-refractivity contribution in [2.45, 2.75) is 6.42 Å². The van der Waals surface area contributed by atoms with Crippen molar-refractivity contribution < 1.29 is 25.6 Å². The van der Waals surface area contributed by atoms with Gasteiger partial charge in [0.1, 0.15) is 5.82 Å². The topological polar surface area (TPSA) is 45.4 Å². The molecule has 0 radical (unpaired) electrons. The number of rotatable bonds is 5. The summed E-state index contributed by atoms with van der Waals surface area (Å²) >= 11 is 0. The smallest absolute Gasteiger partial charge is 0.218 e. The monoisotopic (exact) mass is 510 g/mol. The maximum Gasteiger partial charge on any atom is 0.218 e. The standard InChI is InChI=1S/C19H15N4O.Pt/c1-3-7-16(8-4-1)19-20-18(24-21-19)11-12-22-13-14-23(15-22)17-9-5-2-6-10-17;/h1-7,9,13-15H,11-12H2;/q-3;. The third-order valence-corrected chi connectivity index (χ3v) is 3.66. The van der Waals surface area contributed by atoms with Gasteiger partial charge >= 0.3 is 0 Å². The minimum atomic E-state index is 0. The molecule has 0 spiro atoms. The van der Waals surface area contributed by atoms with E-state index in [-0.39, 0.29) is 21.1 Å². The third kappa shape index (κ3) is 4.18. The molecule has 130 valence electrons. The van der Waals surface area contributed by atoms with Crippen molar-refractivity contribution in [3.8, 4) is 11.4 Å². The molecule has 0 unspecified atom stereocenters. The Morgan fingerprint density at radius 1 is 1.04 bits per heavy atom. The molecule has 6 heteroatoms. The Bertz CT molecular complexity index is 820. The van der Waals surface area contributed by atoms with E-state index in [4.69, 9.17) is 4.52 Å². The molecule has 25 heavy (non-hydrogen) atoms. The molecular formula is C19H15N4OPt-3. The van der Waals surface area contributed by atoms with Crippen LogP contribution in [0.3, 0.4) is 0 Å². The van der Waals surface area contributed by atoms with Gasteiger partial charge in [-0.05, 0) is 18.9 Å². The van der Waals surface area contributed by atoms with E-state index in [9.17, 15) is 0 Å². The minimum Gasteiger partial charge on any atom is -0.507 e. The van der Waals surface area contributed by atoms with Crippen molar-refractivity contribution in [2.75, 3.05) is 11.4 Å². The van der Waals surface area contributed by atoms with Gasteiger partial charge in [0.05, 0.1) is 0 Å². The Labute approximate surface area is 161 Å². The molecule has 2 heterocycles. The van der Waals surface area contributed by atoms with Crippen molar-refractivity contribution in [1.82, 2.24) is 15.0 Å². The molecule has 0 fully saturated rings. The molecule has 2 aromatic carbocycles. The first kappa shape index (κ1) is 17.4. The molecule has 0 amide bonds. The molecule has 3 aromatic rings. The van der Waals surface area contributed by atoms with Crippen LogP contribution in [-0.2, 0) is 27.5 Å². The summed E-state index contributed by atoms with van der Waals surface area (Å²) in [6.07, 6.45) is 4.69. The Kier molecular flexibility index (Phi) is 5.67. The van der Waals surface area contributed by atoms with Crippen LogP contribution in [-0.4, -0.2) is 21.6 Å². The first-order chi connectivity index (χ1) is 11.9. The Balaban J connectivity index is 0.00000182. The van der Waals surface area contributed by atoms with Gasteiger partial charge in [0.25, 0.3) is 0 Å². The average molecular weight is 510 g/mol. The third-order valence-electron chi connectivity index (χ3n) is 3.66. The summed E-state index contributed by atoms with van der Waals surface area (Å²) in [7, 11) is 0. The van der Waals surface area contributed by atoms with Crippen LogP contribution in [0.15, 0.2) is 65.5 Å². The summed E-state index contributed by atoms with van der Waals surface area (Å²) in [6.45, 7) is 2.79. The Morgan fingerprint density at radius 2 is 1.88 bits per heavy atom. The van der Waals surface area contributed by atoms with E-state index in [2.05, 4.69) is 27.2 Å². The van der Waals surface area contributed by atoms with E-state index in [0.717, 1.165) is 17.8 Å². The molecule has 5 nitrogen and oxygen atoms in total. The van der Waals surface area contributed by atoms with Crippen molar-refractivity contribution in [3.63, 3.8) is 0 Å². The van der Waals surface area contributed by atoms with Crippen molar-refractivity contribution in [1.29, 1.82) is 0 Å². The Morgan fingerprint density at radius 3 is 2.64 bits per heavy atom. The number of benzene rings is 2. The molecule has 1 aliphatic heterocycles. The van der Waals surface area contributed by atoms with Crippen LogP contribution in [0, 0.1) is 18.8 Å². The zero-order valence-electron chi connectivity index (χ0n) is 13.3. The molecule has 0 N–H and O–H groups in total. The van der Waals surface area contributed by atoms with Gasteiger partial charge in [0.2, 0.25) is 5.89 Å². The Hall–Kier alpha value is -2.39. The van der Waals surface area contributed by atoms with Gasteiger partial charge in [-0.15, -0.1) is 46.7 Å². The second kappa shape index (κ2) is 8.12. The number of hydrogen-bond donors (Lipinski definition) is 0. The van der Waals surface area contributed by atoms with Crippen LogP contribution in [0.2, 0.25) is 0 Å². The molecule has 1 aromatic heterocycles. The summed E-state index contributed by atoms with van der Waals surface area (Å²) in [6, 6.07) is 21.8. The van der Waals surface area contributed by atoms with Crippen LogP contribution in [0.5, 0.6) is 0 Å². The van der Waals surface area contributed by atoms with Gasteiger partial charge in [0, 0.05) is 27.5 Å². The van der Waals surface area contributed by atoms with Gasteiger partial charge in [0.15, 0.2) is 0 Å². The summed E-state index contributed by atoms with van der Waals surface area (Å²) in [5, 5.41) is 4.01. The van der Waals surface area contributed by atoms with Crippen LogP contribution in [0.25, 0.3) is 11.4 Å². The van der Waals surface area contributed by atoms with Crippen molar-refractivity contribution >= 4 is 5.69 Å². The van der Waals surface area contributed by atoms with Crippen LogP contribution >= 0.6 is 0 Å². The fraction of sp³-hybridized carbons (Fsp3) is 0.105. The number of aromatic nitrogens is 2. The first-order valence-corrected chi connectivity index (χ1v) is 7.72. The predicted octanol–water partition coefficient (Wildman–Crippen LogP) is 3.29. The minimum absolute atomic E-state index is 0. The average Bonchev–Trinajstić information content (AvgIpc) is 3.31. The fourth-order valence-corrected chi connectivity index (χ4v) is 2.44. The van der Waals surface area contributed by atoms with E-state index in [1.165, 1.54) is 0 Å². The molecule has 0 saturated carbocycles. The maximum absolute atomic E-state index is 5.32. The number of para-hydroxylation sites is 1. The van der Waals surface area contributed by atoms with Crippen molar-refractivity contribution in [3.05, 3.63) is 85.6 Å². The molecule has 1 aliphatic rings. The van der Waals surface area contributed by atoms with Crippen LogP contribution in [0.4, 0.5) is 5.69 Å². The molecule has 0 saturated heterocycles. The predicted molar refractivity (Wildman–Crippen MR) is 90.2 cm³/mol. The van der Waals surface area contributed by atoms with E-state index >= 15 is 0 Å². The molecule has 0 aliphatic carbocycles. The van der Waals surface area contributed by atoms with Gasteiger partial charge in [-0.25, -0.2) is 4.98 Å². The molecular weight excluding hydrogens is 495 g/mol. The molecule has 0 bridgehead atoms. The first-order valence-electron chi connectivity index (χ1n) is 7.72. The SMILES string of the molecule is [Pt].[c-]1ccccc1-c1noc(CCN2C=CN(c3[c-]cccc3)[CH-]2)n1. The van der Waals surface area contributed by atoms with E-state index < -0.39 is 0 Å². The zero-order chi connectivity index (χ0) is 16.2. The second-order valence-corrected chi connectivity index (χ2v) is 5.34. The summed E-state index contributed by atoms with van der Waals surface area (Å²) < 4.78 is 5.32. The molecule has 0 atom stereocenters. The van der Waals surface area contributed by atoms with E-state index in [0.29, 0.717) is 18.1 Å². The summed E-state index contributed by atoms with van der Waals surface area (Å²) in [4.78, 5) is 8.53. The summed E-state index contributed by atoms with van der Waals surface area (Å²) in [5.74, 6) is 1.20. The summed E-state index contributed by atoms with van der Waals surface area (Å²) in [5.41, 5.74) is 1.85. The number of hydrogen-bond acceptors (Lipinski definition) is 5.